The second kappa shape index (κ2) is 10.5. The highest BCUT2D eigenvalue weighted by Gasteiger charge is 2.34. The van der Waals surface area contributed by atoms with E-state index in [1.807, 2.05) is 30.3 Å². The summed E-state index contributed by atoms with van der Waals surface area (Å²) in [6, 6.07) is 9.63. The third-order valence-corrected chi connectivity index (χ3v) is 5.73. The van der Waals surface area contributed by atoms with Gasteiger partial charge in [0.1, 0.15) is 6.04 Å². The van der Waals surface area contributed by atoms with Crippen molar-refractivity contribution in [2.24, 2.45) is 5.92 Å². The zero-order valence-corrected chi connectivity index (χ0v) is 17.3. The highest BCUT2D eigenvalue weighted by molar-refractivity contribution is 5.74. The maximum absolute atomic E-state index is 12.7. The molecule has 2 amide bonds. The summed E-state index contributed by atoms with van der Waals surface area (Å²) in [7, 11) is 0. The summed E-state index contributed by atoms with van der Waals surface area (Å²) in [6.45, 7) is 4.19. The van der Waals surface area contributed by atoms with E-state index < -0.39 is 0 Å². The molecule has 0 bridgehead atoms. The van der Waals surface area contributed by atoms with E-state index in [9.17, 15) is 4.79 Å². The molecule has 3 heterocycles. The quantitative estimate of drug-likeness (QED) is 0.668. The smallest absolute Gasteiger partial charge is 0.318 e. The van der Waals surface area contributed by atoms with E-state index in [1.165, 1.54) is 0 Å². The van der Waals surface area contributed by atoms with Crippen LogP contribution in [0.15, 0.2) is 34.9 Å². The topological polar surface area (TPSA) is 89.7 Å². The van der Waals surface area contributed by atoms with E-state index in [1.54, 1.807) is 4.90 Å². The van der Waals surface area contributed by atoms with Crippen LogP contribution in [0.25, 0.3) is 0 Å². The normalized spacial score (nSPS) is 19.9. The zero-order valence-electron chi connectivity index (χ0n) is 17.3. The molecule has 2 fully saturated rings. The van der Waals surface area contributed by atoms with Crippen LogP contribution in [0.1, 0.15) is 49.0 Å². The number of hydrogen-bond acceptors (Lipinski definition) is 6. The molecule has 1 aromatic carbocycles. The molecular formula is C22H30N4O4. The van der Waals surface area contributed by atoms with Gasteiger partial charge < -0.3 is 24.2 Å². The molecule has 1 N–H and O–H groups in total. The van der Waals surface area contributed by atoms with Gasteiger partial charge in [0, 0.05) is 39.3 Å². The van der Waals surface area contributed by atoms with Crippen LogP contribution in [0.3, 0.4) is 0 Å². The number of nitrogens with one attached hydrogen (secondary N) is 1. The predicted octanol–water partition coefficient (Wildman–Crippen LogP) is 3.10. The molecule has 162 valence electrons. The van der Waals surface area contributed by atoms with Gasteiger partial charge in [-0.1, -0.05) is 35.5 Å². The number of urea groups is 1. The SMILES string of the molecule is O=C(NCc1ccccc1)N1CCCC1c1nc(CCOCC2CCOCC2)no1. The zero-order chi connectivity index (χ0) is 20.6. The van der Waals surface area contributed by atoms with Gasteiger partial charge in [0.05, 0.1) is 6.61 Å². The summed E-state index contributed by atoms with van der Waals surface area (Å²) < 4.78 is 16.6. The third kappa shape index (κ3) is 5.58. The van der Waals surface area contributed by atoms with Crippen molar-refractivity contribution in [1.29, 1.82) is 0 Å². The van der Waals surface area contributed by atoms with E-state index in [0.717, 1.165) is 51.1 Å². The molecule has 30 heavy (non-hydrogen) atoms. The first-order valence-electron chi connectivity index (χ1n) is 10.9. The summed E-state index contributed by atoms with van der Waals surface area (Å²) in [5.74, 6) is 1.73. The number of carbonyl (C=O) groups is 1. The van der Waals surface area contributed by atoms with E-state index in [0.29, 0.717) is 43.8 Å². The predicted molar refractivity (Wildman–Crippen MR) is 110 cm³/mol. The Kier molecular flexibility index (Phi) is 7.31. The first-order chi connectivity index (χ1) is 14.8. The second-order valence-electron chi connectivity index (χ2n) is 7.93. The number of amides is 2. The average Bonchev–Trinajstić information content (AvgIpc) is 3.46. The molecule has 2 aliphatic heterocycles. The fourth-order valence-electron chi connectivity index (χ4n) is 3.97. The summed E-state index contributed by atoms with van der Waals surface area (Å²) in [5.41, 5.74) is 1.07. The summed E-state index contributed by atoms with van der Waals surface area (Å²) in [4.78, 5) is 19.0. The van der Waals surface area contributed by atoms with Crippen LogP contribution in [0, 0.1) is 5.92 Å². The molecule has 4 rings (SSSR count). The van der Waals surface area contributed by atoms with Gasteiger partial charge in [-0.2, -0.15) is 4.98 Å². The average molecular weight is 415 g/mol. The van der Waals surface area contributed by atoms with Crippen molar-refractivity contribution in [1.82, 2.24) is 20.4 Å². The molecule has 1 atom stereocenters. The van der Waals surface area contributed by atoms with Crippen molar-refractivity contribution in [3.63, 3.8) is 0 Å². The fourth-order valence-corrected chi connectivity index (χ4v) is 3.97. The first kappa shape index (κ1) is 20.8. The summed E-state index contributed by atoms with van der Waals surface area (Å²) in [5, 5.41) is 7.08. The van der Waals surface area contributed by atoms with Crippen molar-refractivity contribution >= 4 is 6.03 Å². The van der Waals surface area contributed by atoms with E-state index in [-0.39, 0.29) is 12.1 Å². The van der Waals surface area contributed by atoms with Gasteiger partial charge >= 0.3 is 6.03 Å². The maximum atomic E-state index is 12.7. The van der Waals surface area contributed by atoms with Gasteiger partial charge in [-0.3, -0.25) is 0 Å². The molecule has 0 aliphatic carbocycles. The molecular weight excluding hydrogens is 384 g/mol. The van der Waals surface area contributed by atoms with Crippen molar-refractivity contribution in [2.75, 3.05) is 33.0 Å². The van der Waals surface area contributed by atoms with E-state index >= 15 is 0 Å². The Labute approximate surface area is 176 Å². The minimum absolute atomic E-state index is 0.0964. The Morgan fingerprint density at radius 2 is 2.03 bits per heavy atom. The Morgan fingerprint density at radius 1 is 1.20 bits per heavy atom. The number of benzene rings is 1. The molecule has 2 aromatic rings. The molecule has 8 nitrogen and oxygen atoms in total. The molecule has 0 spiro atoms. The standard InChI is InChI=1S/C22H30N4O4/c27-22(23-15-17-5-2-1-3-6-17)26-11-4-7-19(26)21-24-20(25-30-21)10-14-29-16-18-8-12-28-13-9-18/h1-3,5-6,18-19H,4,7-16H2,(H,23,27). The Bertz CT molecular complexity index is 791. The highest BCUT2D eigenvalue weighted by atomic mass is 16.5. The molecule has 2 saturated heterocycles. The number of rotatable bonds is 8. The molecule has 1 unspecified atom stereocenters. The van der Waals surface area contributed by atoms with Crippen molar-refractivity contribution in [2.45, 2.75) is 44.7 Å². The van der Waals surface area contributed by atoms with E-state index in [4.69, 9.17) is 14.0 Å². The lowest BCUT2D eigenvalue weighted by Gasteiger charge is -2.22. The third-order valence-electron chi connectivity index (χ3n) is 5.73. The lowest BCUT2D eigenvalue weighted by atomic mass is 10.0. The lowest BCUT2D eigenvalue weighted by Crippen LogP contribution is -2.39. The van der Waals surface area contributed by atoms with Gasteiger partial charge in [-0.05, 0) is 37.2 Å². The van der Waals surface area contributed by atoms with Crippen LogP contribution in [-0.2, 0) is 22.4 Å². The van der Waals surface area contributed by atoms with Crippen LogP contribution in [-0.4, -0.2) is 54.0 Å². The van der Waals surface area contributed by atoms with Gasteiger partial charge in [0.2, 0.25) is 5.89 Å². The number of aromatic nitrogens is 2. The fraction of sp³-hybridized carbons (Fsp3) is 0.591. The minimum Gasteiger partial charge on any atom is -0.381 e. The number of nitrogens with zero attached hydrogens (tertiary/aromatic N) is 3. The molecule has 0 radical (unpaired) electrons. The number of likely N-dealkylation sites (tertiary alicyclic amines) is 1. The summed E-state index contributed by atoms with van der Waals surface area (Å²) >= 11 is 0. The van der Waals surface area contributed by atoms with Gasteiger partial charge in [-0.25, -0.2) is 4.79 Å². The van der Waals surface area contributed by atoms with Crippen LogP contribution >= 0.6 is 0 Å². The minimum atomic E-state index is -0.162. The summed E-state index contributed by atoms with van der Waals surface area (Å²) in [6.07, 6.45) is 4.50. The number of carbonyl (C=O) groups excluding carboxylic acids is 1. The first-order valence-corrected chi connectivity index (χ1v) is 10.9. The highest BCUT2D eigenvalue weighted by Crippen LogP contribution is 2.30. The lowest BCUT2D eigenvalue weighted by molar-refractivity contribution is 0.0211. The van der Waals surface area contributed by atoms with E-state index in [2.05, 4.69) is 15.5 Å². The molecule has 0 saturated carbocycles. The van der Waals surface area contributed by atoms with Crippen LogP contribution in [0.4, 0.5) is 4.79 Å². The van der Waals surface area contributed by atoms with Crippen molar-refractivity contribution < 1.29 is 18.8 Å². The Hall–Kier alpha value is -2.45. The van der Waals surface area contributed by atoms with Crippen LogP contribution < -0.4 is 5.32 Å². The Balaban J connectivity index is 1.23. The number of ether oxygens (including phenoxy) is 2. The van der Waals surface area contributed by atoms with Gasteiger partial charge in [-0.15, -0.1) is 0 Å². The monoisotopic (exact) mass is 414 g/mol. The van der Waals surface area contributed by atoms with Gasteiger partial charge in [0.15, 0.2) is 5.82 Å². The van der Waals surface area contributed by atoms with Gasteiger partial charge in [0.25, 0.3) is 0 Å². The molecule has 2 aliphatic rings. The van der Waals surface area contributed by atoms with Crippen molar-refractivity contribution in [3.05, 3.63) is 47.6 Å². The number of hydrogen-bond donors (Lipinski definition) is 1. The largest absolute Gasteiger partial charge is 0.381 e. The van der Waals surface area contributed by atoms with Crippen LogP contribution in [0.5, 0.6) is 0 Å². The molecule has 8 heteroatoms. The van der Waals surface area contributed by atoms with Crippen LogP contribution in [0.2, 0.25) is 0 Å². The Morgan fingerprint density at radius 3 is 2.87 bits per heavy atom. The maximum Gasteiger partial charge on any atom is 0.318 e. The molecule has 1 aromatic heterocycles. The van der Waals surface area contributed by atoms with Crippen molar-refractivity contribution in [3.8, 4) is 0 Å². The second-order valence-corrected chi connectivity index (χ2v) is 7.93.